The third-order valence-electron chi connectivity index (χ3n) is 5.04. The Morgan fingerprint density at radius 2 is 2.13 bits per heavy atom. The first-order chi connectivity index (χ1) is 11.1. The summed E-state index contributed by atoms with van der Waals surface area (Å²) in [6.07, 6.45) is 5.42. The van der Waals surface area contributed by atoms with Crippen LogP contribution in [-0.4, -0.2) is 43.7 Å². The Hall–Kier alpha value is -0.480. The molecule has 0 bridgehead atoms. The van der Waals surface area contributed by atoms with Crippen molar-refractivity contribution in [2.75, 3.05) is 32.7 Å². The standard InChI is InChI=1S/C18H26Cl2N2O/c1-14(23-17-5-4-15(19)10-16(17)20)11-22-9-3-7-18(13-22)6-2-8-21-12-18/h4-5,10,14,21H,2-3,6-9,11-13H2,1H3. The molecule has 0 amide bonds. The summed E-state index contributed by atoms with van der Waals surface area (Å²) in [4.78, 5) is 2.56. The van der Waals surface area contributed by atoms with Crippen molar-refractivity contribution in [1.29, 1.82) is 0 Å². The van der Waals surface area contributed by atoms with E-state index in [0.717, 1.165) is 12.3 Å². The number of hydrogen-bond donors (Lipinski definition) is 1. The predicted octanol–water partition coefficient (Wildman–Crippen LogP) is 4.23. The average molecular weight is 357 g/mol. The van der Waals surface area contributed by atoms with Gasteiger partial charge in [0.1, 0.15) is 11.9 Å². The number of piperidine rings is 2. The van der Waals surface area contributed by atoms with Crippen LogP contribution >= 0.6 is 23.2 Å². The highest BCUT2D eigenvalue weighted by Crippen LogP contribution is 2.36. The number of rotatable bonds is 4. The molecule has 2 unspecified atom stereocenters. The van der Waals surface area contributed by atoms with Crippen LogP contribution in [0.3, 0.4) is 0 Å². The summed E-state index contributed by atoms with van der Waals surface area (Å²) in [5, 5.41) is 4.80. The molecule has 0 aromatic heterocycles. The maximum atomic E-state index is 6.20. The second-order valence-corrected chi connectivity index (χ2v) is 7.97. The molecule has 128 valence electrons. The van der Waals surface area contributed by atoms with E-state index in [4.69, 9.17) is 27.9 Å². The Labute approximate surface area is 149 Å². The van der Waals surface area contributed by atoms with Gasteiger partial charge < -0.3 is 10.1 Å². The molecule has 2 aliphatic heterocycles. The van der Waals surface area contributed by atoms with Crippen molar-refractivity contribution in [3.05, 3.63) is 28.2 Å². The molecule has 3 rings (SSSR count). The van der Waals surface area contributed by atoms with E-state index in [-0.39, 0.29) is 6.10 Å². The molecule has 1 spiro atoms. The summed E-state index contributed by atoms with van der Waals surface area (Å²) in [6.45, 7) is 7.76. The maximum absolute atomic E-state index is 6.20. The molecule has 1 aromatic rings. The van der Waals surface area contributed by atoms with Gasteiger partial charge in [-0.15, -0.1) is 0 Å². The maximum Gasteiger partial charge on any atom is 0.138 e. The highest BCUT2D eigenvalue weighted by Gasteiger charge is 2.36. The molecule has 0 aliphatic carbocycles. The minimum Gasteiger partial charge on any atom is -0.488 e. The molecule has 2 atom stereocenters. The van der Waals surface area contributed by atoms with Gasteiger partial charge in [-0.05, 0) is 69.3 Å². The lowest BCUT2D eigenvalue weighted by Crippen LogP contribution is -2.52. The van der Waals surface area contributed by atoms with Gasteiger partial charge in [0.2, 0.25) is 0 Å². The first-order valence-corrected chi connectivity index (χ1v) is 9.37. The molecule has 1 aromatic carbocycles. The van der Waals surface area contributed by atoms with E-state index in [1.165, 1.54) is 51.9 Å². The normalized spacial score (nSPS) is 27.1. The molecule has 0 radical (unpaired) electrons. The zero-order chi connectivity index (χ0) is 16.3. The van der Waals surface area contributed by atoms with E-state index in [1.807, 2.05) is 12.1 Å². The van der Waals surface area contributed by atoms with E-state index in [1.54, 1.807) is 6.07 Å². The van der Waals surface area contributed by atoms with Gasteiger partial charge in [0.25, 0.3) is 0 Å². The monoisotopic (exact) mass is 356 g/mol. The van der Waals surface area contributed by atoms with E-state index < -0.39 is 0 Å². The number of halogens is 2. The molecule has 0 saturated carbocycles. The number of likely N-dealkylation sites (tertiary alicyclic amines) is 1. The Kier molecular flexibility index (Phi) is 5.74. The van der Waals surface area contributed by atoms with Gasteiger partial charge in [0.15, 0.2) is 0 Å². The summed E-state index contributed by atoms with van der Waals surface area (Å²) in [6, 6.07) is 5.40. The largest absolute Gasteiger partial charge is 0.488 e. The number of hydrogen-bond acceptors (Lipinski definition) is 3. The van der Waals surface area contributed by atoms with Crippen LogP contribution in [0.15, 0.2) is 18.2 Å². The lowest BCUT2D eigenvalue weighted by atomic mass is 9.74. The summed E-state index contributed by atoms with van der Waals surface area (Å²) < 4.78 is 6.03. The minimum atomic E-state index is 0.111. The van der Waals surface area contributed by atoms with E-state index in [2.05, 4.69) is 17.1 Å². The van der Waals surface area contributed by atoms with Crippen LogP contribution in [0.25, 0.3) is 0 Å². The highest BCUT2D eigenvalue weighted by molar-refractivity contribution is 6.35. The summed E-state index contributed by atoms with van der Waals surface area (Å²) in [5.74, 6) is 0.717. The number of ether oxygens (including phenoxy) is 1. The summed E-state index contributed by atoms with van der Waals surface area (Å²) in [7, 11) is 0. The average Bonchev–Trinajstić information content (AvgIpc) is 2.51. The van der Waals surface area contributed by atoms with E-state index >= 15 is 0 Å². The van der Waals surface area contributed by atoms with E-state index in [9.17, 15) is 0 Å². The lowest BCUT2D eigenvalue weighted by molar-refractivity contribution is 0.0416. The highest BCUT2D eigenvalue weighted by atomic mass is 35.5. The third-order valence-corrected chi connectivity index (χ3v) is 5.57. The van der Waals surface area contributed by atoms with Crippen molar-refractivity contribution in [3.8, 4) is 5.75 Å². The SMILES string of the molecule is CC(CN1CCCC2(CCCNC2)C1)Oc1ccc(Cl)cc1Cl. The molecule has 5 heteroatoms. The number of nitrogens with one attached hydrogen (secondary N) is 1. The van der Waals surface area contributed by atoms with Gasteiger partial charge in [0, 0.05) is 24.7 Å². The van der Waals surface area contributed by atoms with Crippen LogP contribution in [0, 0.1) is 5.41 Å². The topological polar surface area (TPSA) is 24.5 Å². The Morgan fingerprint density at radius 1 is 1.30 bits per heavy atom. The zero-order valence-corrected chi connectivity index (χ0v) is 15.3. The number of benzene rings is 1. The van der Waals surface area contributed by atoms with E-state index in [0.29, 0.717) is 15.5 Å². The van der Waals surface area contributed by atoms with Crippen LogP contribution in [0.2, 0.25) is 10.0 Å². The van der Waals surface area contributed by atoms with Gasteiger partial charge in [-0.2, -0.15) is 0 Å². The van der Waals surface area contributed by atoms with Gasteiger partial charge >= 0.3 is 0 Å². The second kappa shape index (κ2) is 7.60. The first-order valence-electron chi connectivity index (χ1n) is 8.61. The van der Waals surface area contributed by atoms with Crippen LogP contribution in [0.4, 0.5) is 0 Å². The first kappa shape index (κ1) is 17.3. The van der Waals surface area contributed by atoms with Crippen molar-refractivity contribution in [2.45, 2.75) is 38.7 Å². The fourth-order valence-electron chi connectivity index (χ4n) is 4.03. The Bertz CT molecular complexity index is 526. The van der Waals surface area contributed by atoms with Crippen LogP contribution in [-0.2, 0) is 0 Å². The quantitative estimate of drug-likeness (QED) is 0.873. The molecule has 2 aliphatic rings. The molecule has 3 nitrogen and oxygen atoms in total. The third kappa shape index (κ3) is 4.54. The molecule has 2 fully saturated rings. The predicted molar refractivity (Wildman–Crippen MR) is 96.8 cm³/mol. The van der Waals surface area contributed by atoms with Crippen LogP contribution < -0.4 is 10.1 Å². The van der Waals surface area contributed by atoms with Gasteiger partial charge in [-0.3, -0.25) is 4.90 Å². The van der Waals surface area contributed by atoms with Gasteiger partial charge in [-0.1, -0.05) is 23.2 Å². The fraction of sp³-hybridized carbons (Fsp3) is 0.667. The summed E-state index contributed by atoms with van der Waals surface area (Å²) in [5.41, 5.74) is 0.480. The molecule has 2 heterocycles. The Morgan fingerprint density at radius 3 is 2.87 bits per heavy atom. The van der Waals surface area contributed by atoms with Crippen molar-refractivity contribution in [3.63, 3.8) is 0 Å². The van der Waals surface area contributed by atoms with Gasteiger partial charge in [-0.25, -0.2) is 0 Å². The second-order valence-electron chi connectivity index (χ2n) is 7.12. The summed E-state index contributed by atoms with van der Waals surface area (Å²) >= 11 is 12.1. The van der Waals surface area contributed by atoms with Crippen LogP contribution in [0.5, 0.6) is 5.75 Å². The van der Waals surface area contributed by atoms with Crippen molar-refractivity contribution in [2.24, 2.45) is 5.41 Å². The lowest BCUT2D eigenvalue weighted by Gasteiger charge is -2.46. The van der Waals surface area contributed by atoms with Crippen molar-refractivity contribution < 1.29 is 4.74 Å². The molecule has 2 saturated heterocycles. The fourth-order valence-corrected chi connectivity index (χ4v) is 4.49. The Balaban J connectivity index is 1.55. The molecular formula is C18H26Cl2N2O. The van der Waals surface area contributed by atoms with Crippen molar-refractivity contribution in [1.82, 2.24) is 10.2 Å². The molecule has 23 heavy (non-hydrogen) atoms. The smallest absolute Gasteiger partial charge is 0.138 e. The zero-order valence-electron chi connectivity index (χ0n) is 13.8. The van der Waals surface area contributed by atoms with Gasteiger partial charge in [0.05, 0.1) is 5.02 Å². The van der Waals surface area contributed by atoms with Crippen LogP contribution in [0.1, 0.15) is 32.6 Å². The minimum absolute atomic E-state index is 0.111. The molecular weight excluding hydrogens is 331 g/mol. The molecule has 1 N–H and O–H groups in total. The van der Waals surface area contributed by atoms with Crippen molar-refractivity contribution >= 4 is 23.2 Å². The number of nitrogens with zero attached hydrogens (tertiary/aromatic N) is 1.